The Balaban J connectivity index is 1.87. The third-order valence-electron chi connectivity index (χ3n) is 3.61. The van der Waals surface area contributed by atoms with E-state index in [0.717, 1.165) is 19.6 Å². The molecule has 2 N–H and O–H groups in total. The highest BCUT2D eigenvalue weighted by molar-refractivity contribution is 5.94. The number of benzene rings is 1. The molecule has 1 aliphatic rings. The van der Waals surface area contributed by atoms with E-state index in [4.69, 9.17) is 0 Å². The topological polar surface area (TPSA) is 55.8 Å². The molecule has 0 bridgehead atoms. The van der Waals surface area contributed by atoms with Crippen LogP contribution in [0.25, 0.3) is 0 Å². The Labute approximate surface area is 113 Å². The minimum absolute atomic E-state index is 0.0957. The van der Waals surface area contributed by atoms with Crippen molar-refractivity contribution in [2.45, 2.75) is 6.04 Å². The van der Waals surface area contributed by atoms with Crippen LogP contribution in [0.15, 0.2) is 24.3 Å². The molecule has 1 fully saturated rings. The molecular weight excluding hydrogens is 242 g/mol. The lowest BCUT2D eigenvalue weighted by molar-refractivity contribution is 0.0881. The number of nitrogens with one attached hydrogen (secondary N) is 1. The summed E-state index contributed by atoms with van der Waals surface area (Å²) in [7, 11) is 4.19. The maximum Gasteiger partial charge on any atom is 0.251 e. The fourth-order valence-corrected chi connectivity index (χ4v) is 2.25. The third kappa shape index (κ3) is 3.68. The van der Waals surface area contributed by atoms with Crippen LogP contribution < -0.4 is 5.32 Å². The highest BCUT2D eigenvalue weighted by Gasteiger charge is 2.22. The van der Waals surface area contributed by atoms with Gasteiger partial charge in [0.2, 0.25) is 0 Å². The van der Waals surface area contributed by atoms with Gasteiger partial charge in [-0.2, -0.15) is 0 Å². The lowest BCUT2D eigenvalue weighted by atomic mass is 10.1. The van der Waals surface area contributed by atoms with E-state index in [2.05, 4.69) is 29.2 Å². The summed E-state index contributed by atoms with van der Waals surface area (Å²) in [6.07, 6.45) is 0. The number of aromatic hydroxyl groups is 1. The second-order valence-corrected chi connectivity index (χ2v) is 5.15. The molecule has 104 valence electrons. The number of piperazine rings is 1. The Morgan fingerprint density at radius 3 is 2.68 bits per heavy atom. The highest BCUT2D eigenvalue weighted by atomic mass is 16.3. The molecule has 0 aromatic heterocycles. The Morgan fingerprint density at radius 1 is 1.32 bits per heavy atom. The number of amides is 1. The van der Waals surface area contributed by atoms with Crippen LogP contribution in [0.2, 0.25) is 0 Å². The first-order valence-electron chi connectivity index (χ1n) is 6.52. The highest BCUT2D eigenvalue weighted by Crippen LogP contribution is 2.10. The van der Waals surface area contributed by atoms with Crippen LogP contribution in [0, 0.1) is 0 Å². The summed E-state index contributed by atoms with van der Waals surface area (Å²) in [5.74, 6) is 0.0758. The molecule has 0 radical (unpaired) electrons. The molecule has 0 spiro atoms. The number of likely N-dealkylation sites (N-methyl/N-ethyl adjacent to an activating group) is 2. The Hall–Kier alpha value is -1.59. The van der Waals surface area contributed by atoms with Crippen molar-refractivity contribution in [3.8, 4) is 5.75 Å². The van der Waals surface area contributed by atoms with Crippen LogP contribution in [0.3, 0.4) is 0 Å². The molecule has 0 aliphatic carbocycles. The first-order valence-corrected chi connectivity index (χ1v) is 6.52. The summed E-state index contributed by atoms with van der Waals surface area (Å²) in [4.78, 5) is 16.5. The van der Waals surface area contributed by atoms with Gasteiger partial charge in [0, 0.05) is 37.8 Å². The molecule has 19 heavy (non-hydrogen) atoms. The Kier molecular flexibility index (Phi) is 4.39. The summed E-state index contributed by atoms with van der Waals surface area (Å²) in [5.41, 5.74) is 0.574. The van der Waals surface area contributed by atoms with Crippen LogP contribution in [0.5, 0.6) is 5.75 Å². The fourth-order valence-electron chi connectivity index (χ4n) is 2.25. The number of rotatable bonds is 3. The summed E-state index contributed by atoms with van der Waals surface area (Å²) in [5, 5.41) is 12.1. The van der Waals surface area contributed by atoms with Gasteiger partial charge in [-0.05, 0) is 38.4 Å². The summed E-state index contributed by atoms with van der Waals surface area (Å²) in [6.45, 7) is 3.70. The third-order valence-corrected chi connectivity index (χ3v) is 3.61. The van der Waals surface area contributed by atoms with E-state index in [9.17, 15) is 9.90 Å². The zero-order chi connectivity index (χ0) is 13.8. The fraction of sp³-hybridized carbons (Fsp3) is 0.500. The number of hydrogen-bond acceptors (Lipinski definition) is 4. The van der Waals surface area contributed by atoms with Crippen molar-refractivity contribution in [2.24, 2.45) is 0 Å². The van der Waals surface area contributed by atoms with Crippen molar-refractivity contribution in [1.82, 2.24) is 15.1 Å². The van der Waals surface area contributed by atoms with E-state index >= 15 is 0 Å². The van der Waals surface area contributed by atoms with E-state index in [1.54, 1.807) is 12.1 Å². The van der Waals surface area contributed by atoms with Crippen molar-refractivity contribution in [3.05, 3.63) is 29.8 Å². The number of hydrogen-bond donors (Lipinski definition) is 2. The largest absolute Gasteiger partial charge is 0.508 e. The maximum atomic E-state index is 12.0. The molecule has 1 amide bonds. The van der Waals surface area contributed by atoms with E-state index in [1.807, 2.05) is 0 Å². The van der Waals surface area contributed by atoms with Crippen molar-refractivity contribution < 1.29 is 9.90 Å². The number of carbonyl (C=O) groups excluding carboxylic acids is 1. The van der Waals surface area contributed by atoms with Crippen molar-refractivity contribution in [3.63, 3.8) is 0 Å². The van der Waals surface area contributed by atoms with Gasteiger partial charge in [-0.3, -0.25) is 9.69 Å². The van der Waals surface area contributed by atoms with Gasteiger partial charge in [-0.25, -0.2) is 0 Å². The van der Waals surface area contributed by atoms with Crippen LogP contribution in [-0.2, 0) is 0 Å². The standard InChI is InChI=1S/C14H21N3O2/c1-16-7-8-17(2)12(10-16)9-15-14(19)11-3-5-13(18)6-4-11/h3-6,12,18H,7-10H2,1-2H3,(H,15,19)/t12-/m0/s1. The van der Waals surface area contributed by atoms with E-state index in [0.29, 0.717) is 18.2 Å². The van der Waals surface area contributed by atoms with Gasteiger partial charge < -0.3 is 15.3 Å². The molecule has 0 saturated carbocycles. The zero-order valence-electron chi connectivity index (χ0n) is 11.5. The maximum absolute atomic E-state index is 12.0. The van der Waals surface area contributed by atoms with E-state index in [1.165, 1.54) is 12.1 Å². The molecule has 5 heteroatoms. The first kappa shape index (κ1) is 13.8. The lowest BCUT2D eigenvalue weighted by Gasteiger charge is -2.37. The molecule has 1 aliphatic heterocycles. The van der Waals surface area contributed by atoms with Gasteiger partial charge in [0.1, 0.15) is 5.75 Å². The van der Waals surface area contributed by atoms with Crippen LogP contribution in [-0.4, -0.2) is 67.1 Å². The number of nitrogens with zero attached hydrogens (tertiary/aromatic N) is 2. The van der Waals surface area contributed by atoms with E-state index in [-0.39, 0.29) is 11.7 Å². The van der Waals surface area contributed by atoms with Crippen LogP contribution in [0.4, 0.5) is 0 Å². The normalized spacial score (nSPS) is 21.3. The Bertz CT molecular complexity index is 433. The summed E-state index contributed by atoms with van der Waals surface area (Å²) in [6, 6.07) is 6.65. The average molecular weight is 263 g/mol. The van der Waals surface area contributed by atoms with Gasteiger partial charge in [-0.15, -0.1) is 0 Å². The number of phenols is 1. The predicted molar refractivity (Wildman–Crippen MR) is 74.4 cm³/mol. The molecule has 5 nitrogen and oxygen atoms in total. The van der Waals surface area contributed by atoms with Crippen molar-refractivity contribution in [1.29, 1.82) is 0 Å². The van der Waals surface area contributed by atoms with Gasteiger partial charge >= 0.3 is 0 Å². The van der Waals surface area contributed by atoms with E-state index < -0.39 is 0 Å². The zero-order valence-corrected chi connectivity index (χ0v) is 11.5. The summed E-state index contributed by atoms with van der Waals surface area (Å²) >= 11 is 0. The molecule has 1 aromatic rings. The molecule has 1 heterocycles. The Morgan fingerprint density at radius 2 is 2.00 bits per heavy atom. The van der Waals surface area contributed by atoms with Gasteiger partial charge in [0.05, 0.1) is 0 Å². The molecule has 1 atom stereocenters. The second kappa shape index (κ2) is 6.04. The van der Waals surface area contributed by atoms with Gasteiger partial charge in [0.25, 0.3) is 5.91 Å². The van der Waals surface area contributed by atoms with Crippen LogP contribution in [0.1, 0.15) is 10.4 Å². The SMILES string of the molecule is CN1CCN(C)[C@@H](CNC(=O)c2ccc(O)cc2)C1. The minimum Gasteiger partial charge on any atom is -0.508 e. The predicted octanol–water partition coefficient (Wildman–Crippen LogP) is 0.368. The second-order valence-electron chi connectivity index (χ2n) is 5.15. The molecular formula is C14H21N3O2. The number of carbonyl (C=O) groups is 1. The van der Waals surface area contributed by atoms with Gasteiger partial charge in [-0.1, -0.05) is 0 Å². The first-order chi connectivity index (χ1) is 9.06. The number of phenolic OH excluding ortho intramolecular Hbond substituents is 1. The van der Waals surface area contributed by atoms with Crippen molar-refractivity contribution >= 4 is 5.91 Å². The monoisotopic (exact) mass is 263 g/mol. The quantitative estimate of drug-likeness (QED) is 0.827. The van der Waals surface area contributed by atoms with Crippen LogP contribution >= 0.6 is 0 Å². The average Bonchev–Trinajstić information content (AvgIpc) is 2.40. The smallest absolute Gasteiger partial charge is 0.251 e. The molecule has 1 saturated heterocycles. The molecule has 1 aromatic carbocycles. The van der Waals surface area contributed by atoms with Gasteiger partial charge in [0.15, 0.2) is 0 Å². The minimum atomic E-state index is -0.0957. The summed E-state index contributed by atoms with van der Waals surface area (Å²) < 4.78 is 0. The van der Waals surface area contributed by atoms with Crippen molar-refractivity contribution in [2.75, 3.05) is 40.3 Å². The lowest BCUT2D eigenvalue weighted by Crippen LogP contribution is -2.54. The molecule has 0 unspecified atom stereocenters. The molecule has 2 rings (SSSR count).